The third kappa shape index (κ3) is 5.78. The first-order chi connectivity index (χ1) is 13.3. The van der Waals surface area contributed by atoms with Gasteiger partial charge in [0.2, 0.25) is 11.8 Å². The van der Waals surface area contributed by atoms with E-state index in [1.165, 1.54) is 4.90 Å². The quantitative estimate of drug-likeness (QED) is 0.462. The van der Waals surface area contributed by atoms with Crippen LogP contribution in [0.3, 0.4) is 0 Å². The average molecular weight is 391 g/mol. The van der Waals surface area contributed by atoms with Crippen LogP contribution in [0.15, 0.2) is 30.3 Å². The zero-order valence-electron chi connectivity index (χ0n) is 15.4. The minimum atomic E-state index is -1.13. The van der Waals surface area contributed by atoms with Gasteiger partial charge in [0.1, 0.15) is 12.1 Å². The van der Waals surface area contributed by atoms with Crippen molar-refractivity contribution >= 4 is 23.8 Å². The molecule has 1 aromatic rings. The molecule has 2 rings (SSSR count). The molecule has 5 N–H and O–H groups in total. The van der Waals surface area contributed by atoms with Crippen LogP contribution in [0.1, 0.15) is 31.2 Å². The summed E-state index contributed by atoms with van der Waals surface area (Å²) in [5.74, 6) is -3.41. The summed E-state index contributed by atoms with van der Waals surface area (Å²) in [5, 5.41) is 20.7. The summed E-state index contributed by atoms with van der Waals surface area (Å²) in [7, 11) is 0. The summed E-state index contributed by atoms with van der Waals surface area (Å²) in [6.07, 6.45) is 0.648. The largest absolute Gasteiger partial charge is 0.481 e. The van der Waals surface area contributed by atoms with E-state index in [-0.39, 0.29) is 25.8 Å². The second kappa shape index (κ2) is 9.84. The summed E-state index contributed by atoms with van der Waals surface area (Å²) in [5.41, 5.74) is 6.79. The predicted molar refractivity (Wildman–Crippen MR) is 99.3 cm³/mol. The Hall–Kier alpha value is -2.94. The van der Waals surface area contributed by atoms with Gasteiger partial charge >= 0.3 is 11.9 Å². The third-order valence-corrected chi connectivity index (χ3v) is 4.72. The van der Waals surface area contributed by atoms with Crippen LogP contribution >= 0.6 is 0 Å². The highest BCUT2D eigenvalue weighted by atomic mass is 16.4. The van der Waals surface area contributed by atoms with E-state index < -0.39 is 41.9 Å². The molecule has 1 saturated heterocycles. The lowest BCUT2D eigenvalue weighted by Crippen LogP contribution is -2.55. The van der Waals surface area contributed by atoms with Gasteiger partial charge in [-0.2, -0.15) is 0 Å². The highest BCUT2D eigenvalue weighted by molar-refractivity contribution is 5.92. The van der Waals surface area contributed by atoms with Crippen molar-refractivity contribution in [3.05, 3.63) is 35.9 Å². The van der Waals surface area contributed by atoms with Crippen molar-refractivity contribution in [1.82, 2.24) is 10.2 Å². The minimum Gasteiger partial charge on any atom is -0.481 e. The van der Waals surface area contributed by atoms with Crippen molar-refractivity contribution in [2.24, 2.45) is 5.73 Å². The van der Waals surface area contributed by atoms with Crippen LogP contribution in [0.4, 0.5) is 0 Å². The zero-order chi connectivity index (χ0) is 20.7. The van der Waals surface area contributed by atoms with Crippen LogP contribution in [0.25, 0.3) is 0 Å². The molecule has 1 fully saturated rings. The van der Waals surface area contributed by atoms with Crippen molar-refractivity contribution in [2.75, 3.05) is 6.54 Å². The van der Waals surface area contributed by atoms with Gasteiger partial charge in [-0.25, -0.2) is 4.79 Å². The molecule has 9 nitrogen and oxygen atoms in total. The molecule has 0 unspecified atom stereocenters. The molecule has 1 aliphatic heterocycles. The van der Waals surface area contributed by atoms with E-state index in [9.17, 15) is 24.3 Å². The lowest BCUT2D eigenvalue weighted by Gasteiger charge is -2.28. The number of carboxylic acids is 2. The Balaban J connectivity index is 2.06. The molecule has 2 amide bonds. The number of hydrogen-bond acceptors (Lipinski definition) is 5. The first-order valence-electron chi connectivity index (χ1n) is 9.14. The van der Waals surface area contributed by atoms with Gasteiger partial charge in [-0.1, -0.05) is 30.3 Å². The molecule has 28 heavy (non-hydrogen) atoms. The van der Waals surface area contributed by atoms with Crippen molar-refractivity contribution < 1.29 is 29.4 Å². The van der Waals surface area contributed by atoms with Crippen LogP contribution in [0.5, 0.6) is 0 Å². The van der Waals surface area contributed by atoms with Crippen LogP contribution in [0.2, 0.25) is 0 Å². The molecule has 0 aromatic heterocycles. The smallest absolute Gasteiger partial charge is 0.326 e. The van der Waals surface area contributed by atoms with Crippen LogP contribution in [0, 0.1) is 0 Å². The average Bonchev–Trinajstić information content (AvgIpc) is 3.15. The van der Waals surface area contributed by atoms with Gasteiger partial charge < -0.3 is 26.2 Å². The molecule has 0 aliphatic carbocycles. The maximum Gasteiger partial charge on any atom is 0.326 e. The monoisotopic (exact) mass is 391 g/mol. The predicted octanol–water partition coefficient (Wildman–Crippen LogP) is -0.0184. The molecule has 1 aliphatic rings. The van der Waals surface area contributed by atoms with E-state index in [1.54, 1.807) is 0 Å². The molecular formula is C19H25N3O6. The van der Waals surface area contributed by atoms with E-state index in [1.807, 2.05) is 30.3 Å². The van der Waals surface area contributed by atoms with Crippen LogP contribution in [-0.4, -0.2) is 63.5 Å². The number of carbonyl (C=O) groups excluding carboxylic acids is 2. The van der Waals surface area contributed by atoms with E-state index in [0.717, 1.165) is 5.56 Å². The van der Waals surface area contributed by atoms with Gasteiger partial charge in [-0.15, -0.1) is 0 Å². The van der Waals surface area contributed by atoms with Gasteiger partial charge in [0.15, 0.2) is 0 Å². The van der Waals surface area contributed by atoms with Crippen LogP contribution < -0.4 is 11.1 Å². The second-order valence-electron chi connectivity index (χ2n) is 6.82. The number of nitrogens with two attached hydrogens (primary N) is 1. The number of rotatable bonds is 9. The highest BCUT2D eigenvalue weighted by Crippen LogP contribution is 2.19. The number of carbonyl (C=O) groups is 4. The molecule has 1 aromatic carbocycles. The molecule has 152 valence electrons. The Labute approximate surface area is 162 Å². The Kier molecular flexibility index (Phi) is 7.51. The summed E-state index contributed by atoms with van der Waals surface area (Å²) in [6.45, 7) is 0.255. The molecule has 0 bridgehead atoms. The fourth-order valence-electron chi connectivity index (χ4n) is 3.25. The molecule has 0 radical (unpaired) electrons. The number of nitrogens with zero attached hydrogens (tertiary/aromatic N) is 1. The van der Waals surface area contributed by atoms with E-state index in [4.69, 9.17) is 10.8 Å². The summed E-state index contributed by atoms with van der Waals surface area (Å²) < 4.78 is 0. The number of nitrogens with one attached hydrogen (secondary N) is 1. The number of benzene rings is 1. The Morgan fingerprint density at radius 1 is 1.18 bits per heavy atom. The van der Waals surface area contributed by atoms with E-state index in [2.05, 4.69) is 5.32 Å². The number of hydrogen-bond donors (Lipinski definition) is 4. The van der Waals surface area contributed by atoms with Gasteiger partial charge in [-0.05, 0) is 31.2 Å². The fraction of sp³-hybridized carbons (Fsp3) is 0.474. The number of likely N-dealkylation sites (tertiary alicyclic amines) is 1. The molecule has 0 saturated carbocycles. The third-order valence-electron chi connectivity index (χ3n) is 4.72. The lowest BCUT2D eigenvalue weighted by atomic mass is 10.0. The maximum absolute atomic E-state index is 12.8. The van der Waals surface area contributed by atoms with Crippen LogP contribution in [-0.2, 0) is 25.6 Å². The Morgan fingerprint density at radius 2 is 1.86 bits per heavy atom. The molecule has 9 heteroatoms. The SMILES string of the molecule is N[C@@H](Cc1ccccc1)C(=O)N[C@@H](CCC(=O)O)C(=O)N1CCC[C@H]1C(=O)O. The zero-order valence-corrected chi connectivity index (χ0v) is 15.4. The Bertz CT molecular complexity index is 724. The molecular weight excluding hydrogens is 366 g/mol. The topological polar surface area (TPSA) is 150 Å². The van der Waals surface area contributed by atoms with E-state index in [0.29, 0.717) is 12.8 Å². The summed E-state index contributed by atoms with van der Waals surface area (Å²) in [6, 6.07) is 6.10. The standard InChI is InChI=1S/C19H25N3O6/c20-13(11-12-5-2-1-3-6-12)17(25)21-14(8-9-16(23)24)18(26)22-10-4-7-15(22)19(27)28/h1-3,5-6,13-15H,4,7-11,20H2,(H,21,25)(H,23,24)(H,27,28)/t13-,14-,15-/m0/s1. The van der Waals surface area contributed by atoms with Gasteiger partial charge in [0, 0.05) is 13.0 Å². The van der Waals surface area contributed by atoms with Crippen molar-refractivity contribution in [2.45, 2.75) is 50.2 Å². The number of carboxylic acid groups (broad SMARTS) is 2. The number of aliphatic carboxylic acids is 2. The highest BCUT2D eigenvalue weighted by Gasteiger charge is 2.38. The maximum atomic E-state index is 12.8. The summed E-state index contributed by atoms with van der Waals surface area (Å²) in [4.78, 5) is 48.7. The normalized spacial score (nSPS) is 18.3. The first-order valence-corrected chi connectivity index (χ1v) is 9.14. The lowest BCUT2D eigenvalue weighted by molar-refractivity contribution is -0.150. The molecule has 3 atom stereocenters. The molecule has 0 spiro atoms. The minimum absolute atomic E-state index is 0.138. The second-order valence-corrected chi connectivity index (χ2v) is 6.82. The van der Waals surface area contributed by atoms with Crippen molar-refractivity contribution in [3.8, 4) is 0 Å². The van der Waals surface area contributed by atoms with Gasteiger partial charge in [-0.3, -0.25) is 14.4 Å². The van der Waals surface area contributed by atoms with Crippen molar-refractivity contribution in [3.63, 3.8) is 0 Å². The fourth-order valence-corrected chi connectivity index (χ4v) is 3.25. The van der Waals surface area contributed by atoms with Crippen molar-refractivity contribution in [1.29, 1.82) is 0 Å². The molecule has 1 heterocycles. The first kappa shape index (κ1) is 21.4. The van der Waals surface area contributed by atoms with E-state index >= 15 is 0 Å². The Morgan fingerprint density at radius 3 is 2.46 bits per heavy atom. The number of amides is 2. The van der Waals surface area contributed by atoms with Gasteiger partial charge in [0.05, 0.1) is 6.04 Å². The summed E-state index contributed by atoms with van der Waals surface area (Å²) >= 11 is 0. The van der Waals surface area contributed by atoms with Gasteiger partial charge in [0.25, 0.3) is 0 Å².